The Labute approximate surface area is 143 Å². The Morgan fingerprint density at radius 3 is 2.33 bits per heavy atom. The number of ether oxygens (including phenoxy) is 1. The van der Waals surface area contributed by atoms with Gasteiger partial charge < -0.3 is 9.64 Å². The molecular weight excluding hydrogens is 302 g/mol. The summed E-state index contributed by atoms with van der Waals surface area (Å²) >= 11 is 0. The number of benzene rings is 2. The minimum atomic E-state index is -0.406. The third-order valence-corrected chi connectivity index (χ3v) is 3.99. The lowest BCUT2D eigenvalue weighted by Gasteiger charge is -2.22. The molecule has 0 aromatic heterocycles. The molecule has 0 aliphatic heterocycles. The van der Waals surface area contributed by atoms with Crippen LogP contribution in [0.4, 0.5) is 0 Å². The molecule has 4 heteroatoms. The molecule has 0 radical (unpaired) electrons. The number of hydrogen-bond donors (Lipinski definition) is 0. The number of aryl methyl sites for hydroxylation is 2. The fraction of sp³-hybridized carbons (Fsp3) is 0.300. The van der Waals surface area contributed by atoms with E-state index in [2.05, 4.69) is 0 Å². The van der Waals surface area contributed by atoms with Gasteiger partial charge in [0.05, 0.1) is 7.11 Å². The second kappa shape index (κ2) is 8.87. The Bertz CT molecular complexity index is 682. The summed E-state index contributed by atoms with van der Waals surface area (Å²) in [4.78, 5) is 25.8. The van der Waals surface area contributed by atoms with Crippen molar-refractivity contribution in [1.29, 1.82) is 0 Å². The monoisotopic (exact) mass is 325 g/mol. The van der Waals surface area contributed by atoms with Crippen LogP contribution in [0.25, 0.3) is 0 Å². The maximum atomic E-state index is 12.6. The second-order valence-corrected chi connectivity index (χ2v) is 5.74. The number of rotatable bonds is 7. The molecule has 0 bridgehead atoms. The zero-order chi connectivity index (χ0) is 17.4. The summed E-state index contributed by atoms with van der Waals surface area (Å²) in [5.41, 5.74) is 3.25. The average Bonchev–Trinajstić information content (AvgIpc) is 2.61. The first kappa shape index (κ1) is 17.7. The van der Waals surface area contributed by atoms with Gasteiger partial charge in [0, 0.05) is 13.0 Å². The van der Waals surface area contributed by atoms with Gasteiger partial charge in [0.1, 0.15) is 6.54 Å². The Hall–Kier alpha value is -2.62. The van der Waals surface area contributed by atoms with Crippen molar-refractivity contribution in [1.82, 2.24) is 4.90 Å². The number of methoxy groups -OCH3 is 1. The van der Waals surface area contributed by atoms with E-state index in [1.54, 1.807) is 4.90 Å². The van der Waals surface area contributed by atoms with Gasteiger partial charge in [-0.15, -0.1) is 0 Å². The van der Waals surface area contributed by atoms with Crippen molar-refractivity contribution >= 4 is 11.9 Å². The maximum Gasteiger partial charge on any atom is 0.325 e. The third-order valence-electron chi connectivity index (χ3n) is 3.99. The zero-order valence-electron chi connectivity index (χ0n) is 14.2. The van der Waals surface area contributed by atoms with Crippen molar-refractivity contribution in [2.45, 2.75) is 26.3 Å². The molecule has 1 amide bonds. The molecule has 0 saturated carbocycles. The molecule has 126 valence electrons. The summed E-state index contributed by atoms with van der Waals surface area (Å²) in [5.74, 6) is -0.454. The first-order valence-electron chi connectivity index (χ1n) is 8.03. The van der Waals surface area contributed by atoms with E-state index < -0.39 is 5.97 Å². The number of carbonyl (C=O) groups excluding carboxylic acids is 2. The van der Waals surface area contributed by atoms with Crippen LogP contribution in [0.2, 0.25) is 0 Å². The van der Waals surface area contributed by atoms with Crippen molar-refractivity contribution in [3.63, 3.8) is 0 Å². The summed E-state index contributed by atoms with van der Waals surface area (Å²) in [5, 5.41) is 0. The van der Waals surface area contributed by atoms with E-state index in [0.29, 0.717) is 19.4 Å². The van der Waals surface area contributed by atoms with Crippen LogP contribution < -0.4 is 0 Å². The smallest absolute Gasteiger partial charge is 0.325 e. The van der Waals surface area contributed by atoms with E-state index in [4.69, 9.17) is 4.74 Å². The fourth-order valence-electron chi connectivity index (χ4n) is 2.50. The van der Waals surface area contributed by atoms with E-state index in [-0.39, 0.29) is 12.5 Å². The number of hydrogen-bond acceptors (Lipinski definition) is 3. The summed E-state index contributed by atoms with van der Waals surface area (Å²) in [7, 11) is 1.34. The lowest BCUT2D eigenvalue weighted by Crippen LogP contribution is -2.36. The highest BCUT2D eigenvalue weighted by molar-refractivity contribution is 5.82. The number of esters is 1. The van der Waals surface area contributed by atoms with Crippen molar-refractivity contribution in [3.05, 3.63) is 71.3 Å². The highest BCUT2D eigenvalue weighted by atomic mass is 16.5. The molecule has 0 spiro atoms. The van der Waals surface area contributed by atoms with Crippen LogP contribution >= 0.6 is 0 Å². The normalized spacial score (nSPS) is 10.2. The number of nitrogens with zero attached hydrogens (tertiary/aromatic N) is 1. The Kier molecular flexibility index (Phi) is 6.55. The molecule has 24 heavy (non-hydrogen) atoms. The molecule has 0 saturated heterocycles. The van der Waals surface area contributed by atoms with Crippen LogP contribution in [0.1, 0.15) is 23.1 Å². The van der Waals surface area contributed by atoms with E-state index in [1.807, 2.05) is 61.5 Å². The van der Waals surface area contributed by atoms with Crippen LogP contribution in [0.15, 0.2) is 54.6 Å². The first-order valence-corrected chi connectivity index (χ1v) is 8.03. The quantitative estimate of drug-likeness (QED) is 0.735. The molecule has 0 aliphatic rings. The predicted molar refractivity (Wildman–Crippen MR) is 93.4 cm³/mol. The second-order valence-electron chi connectivity index (χ2n) is 5.74. The molecule has 2 aromatic carbocycles. The van der Waals surface area contributed by atoms with E-state index in [1.165, 1.54) is 7.11 Å². The molecule has 0 fully saturated rings. The SMILES string of the molecule is COC(=O)CN(Cc1ccccc1C)C(=O)CCc1ccccc1. The molecule has 0 atom stereocenters. The van der Waals surface area contributed by atoms with Crippen molar-refractivity contribution in [2.75, 3.05) is 13.7 Å². The zero-order valence-corrected chi connectivity index (χ0v) is 14.2. The van der Waals surface area contributed by atoms with Gasteiger partial charge in [-0.2, -0.15) is 0 Å². The summed E-state index contributed by atoms with van der Waals surface area (Å²) < 4.78 is 4.73. The largest absolute Gasteiger partial charge is 0.468 e. The maximum absolute atomic E-state index is 12.6. The minimum absolute atomic E-state index is 0.0293. The van der Waals surface area contributed by atoms with E-state index >= 15 is 0 Å². The summed E-state index contributed by atoms with van der Waals surface area (Å²) in [6.45, 7) is 2.38. The van der Waals surface area contributed by atoms with Crippen molar-refractivity contribution < 1.29 is 14.3 Å². The molecule has 0 unspecified atom stereocenters. The fourth-order valence-corrected chi connectivity index (χ4v) is 2.50. The molecular formula is C20H23NO3. The van der Waals surface area contributed by atoms with E-state index in [9.17, 15) is 9.59 Å². The van der Waals surface area contributed by atoms with Crippen LogP contribution in [0.3, 0.4) is 0 Å². The summed E-state index contributed by atoms with van der Waals surface area (Å²) in [6, 6.07) is 17.7. The lowest BCUT2D eigenvalue weighted by atomic mass is 10.1. The molecule has 2 rings (SSSR count). The van der Waals surface area contributed by atoms with Crippen LogP contribution in [0.5, 0.6) is 0 Å². The molecule has 2 aromatic rings. The van der Waals surface area contributed by atoms with Gasteiger partial charge in [0.25, 0.3) is 0 Å². The molecule has 0 N–H and O–H groups in total. The van der Waals surface area contributed by atoms with Gasteiger partial charge in [0.2, 0.25) is 5.91 Å². The van der Waals surface area contributed by atoms with Gasteiger partial charge in [-0.1, -0.05) is 54.6 Å². The standard InChI is InChI=1S/C20H23NO3/c1-16-8-6-7-11-18(16)14-21(15-20(23)24-2)19(22)13-12-17-9-4-3-5-10-17/h3-11H,12-15H2,1-2H3. The van der Waals surface area contributed by atoms with Gasteiger partial charge in [-0.05, 0) is 30.0 Å². The van der Waals surface area contributed by atoms with Crippen molar-refractivity contribution in [3.8, 4) is 0 Å². The lowest BCUT2D eigenvalue weighted by molar-refractivity contribution is -0.147. The minimum Gasteiger partial charge on any atom is -0.468 e. The Morgan fingerprint density at radius 2 is 1.67 bits per heavy atom. The predicted octanol–water partition coefficient (Wildman–Crippen LogP) is 3.13. The Balaban J connectivity index is 2.05. The highest BCUT2D eigenvalue weighted by Gasteiger charge is 2.18. The Morgan fingerprint density at radius 1 is 1.00 bits per heavy atom. The van der Waals surface area contributed by atoms with Crippen LogP contribution in [0, 0.1) is 6.92 Å². The third kappa shape index (κ3) is 5.23. The van der Waals surface area contributed by atoms with E-state index in [0.717, 1.165) is 16.7 Å². The van der Waals surface area contributed by atoms with Crippen LogP contribution in [-0.2, 0) is 27.3 Å². The highest BCUT2D eigenvalue weighted by Crippen LogP contribution is 2.13. The average molecular weight is 325 g/mol. The van der Waals surface area contributed by atoms with Gasteiger partial charge in [-0.3, -0.25) is 9.59 Å². The number of amides is 1. The van der Waals surface area contributed by atoms with Crippen molar-refractivity contribution in [2.24, 2.45) is 0 Å². The van der Waals surface area contributed by atoms with Gasteiger partial charge in [-0.25, -0.2) is 0 Å². The van der Waals surface area contributed by atoms with Gasteiger partial charge in [0.15, 0.2) is 0 Å². The summed E-state index contributed by atoms with van der Waals surface area (Å²) in [6.07, 6.45) is 1.03. The topological polar surface area (TPSA) is 46.6 Å². The molecule has 0 heterocycles. The van der Waals surface area contributed by atoms with Gasteiger partial charge >= 0.3 is 5.97 Å². The number of carbonyl (C=O) groups is 2. The molecule has 4 nitrogen and oxygen atoms in total. The first-order chi connectivity index (χ1) is 11.6. The molecule has 0 aliphatic carbocycles. The van der Waals surface area contributed by atoms with Crippen LogP contribution in [-0.4, -0.2) is 30.4 Å².